The lowest BCUT2D eigenvalue weighted by molar-refractivity contribution is -0.131. The normalized spacial score (nSPS) is 21.7. The molecule has 0 heterocycles. The number of unbranched alkanes of at least 4 members (excludes halogenated alkanes) is 1. The number of carbonyl (C=O) groups excluding carboxylic acids is 5. The zero-order chi connectivity index (χ0) is 70.7. The van der Waals surface area contributed by atoms with Crippen molar-refractivity contribution in [1.29, 1.82) is 5.26 Å². The number of allylic oxidation sites excluding steroid dienone is 1. The third-order valence-electron chi connectivity index (χ3n) is 22.7. The maximum absolute atomic E-state index is 14.8. The molecule has 10 atom stereocenters. The van der Waals surface area contributed by atoms with E-state index in [0.717, 1.165) is 82.8 Å². The van der Waals surface area contributed by atoms with E-state index in [2.05, 4.69) is 110 Å². The quantitative estimate of drug-likeness (QED) is 0.00861. The summed E-state index contributed by atoms with van der Waals surface area (Å²) in [4.78, 5) is 69.2. The van der Waals surface area contributed by atoms with Crippen LogP contribution in [0.3, 0.4) is 0 Å². The summed E-state index contributed by atoms with van der Waals surface area (Å²) >= 11 is 0. The Balaban J connectivity index is 0.746. The topological polar surface area (TPSA) is 206 Å². The first-order valence-electron chi connectivity index (χ1n) is 36.9. The molecule has 530 valence electrons. The number of hydrogen-bond acceptors (Lipinski definition) is 11. The van der Waals surface area contributed by atoms with Gasteiger partial charge in [-0.25, -0.2) is 4.79 Å². The third-order valence-corrected chi connectivity index (χ3v) is 22.7. The highest BCUT2D eigenvalue weighted by Crippen LogP contribution is 2.67. The van der Waals surface area contributed by atoms with Gasteiger partial charge in [0.15, 0.2) is 0 Å². The number of nitriles is 1. The second-order valence-corrected chi connectivity index (χ2v) is 29.7. The van der Waals surface area contributed by atoms with Crippen LogP contribution in [0, 0.1) is 64.6 Å². The number of hydrogen-bond donors (Lipinski definition) is 5. The van der Waals surface area contributed by atoms with Gasteiger partial charge in [-0.1, -0.05) is 180 Å². The van der Waals surface area contributed by atoms with Crippen molar-refractivity contribution in [2.75, 3.05) is 32.1 Å². The van der Waals surface area contributed by atoms with Gasteiger partial charge in [-0.2, -0.15) is 5.26 Å². The Bertz CT molecular complexity index is 3690. The molecular formula is C85H106N6O9. The van der Waals surface area contributed by atoms with E-state index in [1.165, 1.54) is 51.4 Å². The molecule has 3 saturated carbocycles. The van der Waals surface area contributed by atoms with E-state index in [0.29, 0.717) is 72.5 Å². The molecule has 0 unspecified atom stereocenters. The van der Waals surface area contributed by atoms with Crippen molar-refractivity contribution in [3.63, 3.8) is 0 Å². The minimum absolute atomic E-state index is 0.0411. The van der Waals surface area contributed by atoms with Gasteiger partial charge in [0.05, 0.1) is 30.4 Å². The first kappa shape index (κ1) is 74.1. The van der Waals surface area contributed by atoms with Gasteiger partial charge in [-0.15, -0.1) is 0 Å². The lowest BCUT2D eigenvalue weighted by Crippen LogP contribution is -2.53. The average molecular weight is 1360 g/mol. The van der Waals surface area contributed by atoms with Gasteiger partial charge >= 0.3 is 6.16 Å². The molecule has 0 saturated heterocycles. The molecule has 0 aromatic heterocycles. The Morgan fingerprint density at radius 2 is 1.31 bits per heavy atom. The van der Waals surface area contributed by atoms with Crippen molar-refractivity contribution in [2.45, 2.75) is 187 Å². The van der Waals surface area contributed by atoms with E-state index in [4.69, 9.17) is 18.9 Å². The molecule has 0 aliphatic heterocycles. The predicted octanol–water partition coefficient (Wildman–Crippen LogP) is 16.2. The Hall–Kier alpha value is -8.58. The number of aryl methyl sites for hydroxylation is 1. The summed E-state index contributed by atoms with van der Waals surface area (Å²) in [6.45, 7) is 15.8. The first-order valence-corrected chi connectivity index (χ1v) is 36.9. The standard InChI is InChI=1S/C85H106N6O9/c1-58(2)18-16-19-60(4)73-43-44-74-72-42-35-67-55-71(47-49-83(67,5)75(72)48-50-84(73,74)6)98-53-17-51-87-78(92)45-46-79(93)90-77(54-61-27-29-62(56-86)30-28-61)81(95)91-76(80(94)89-68-36-31-63(32-37-68)57-99-82(96)100-70-38-25-59(3)26-39-70)24-14-15-52-88-85(64-20-10-8-11-21-64,65-22-12-9-13-23-65)66-33-40-69(97-7)41-34-66/h8-13,20-23,25-41,58,60,71-77,88H,14-19,24,42-55,57H2,1-7H3,(H,87,92)(H,89,94)(H,90,93)(H,91,95)/t60-,71+,72+,73-,74+,75+,76+,77+,83+,84-/m1/s1. The fraction of sp³-hybridized carbons (Fsp3) is 0.482. The number of nitrogens with zero attached hydrogens (tertiary/aromatic N) is 1. The molecule has 0 bridgehead atoms. The van der Waals surface area contributed by atoms with Crippen molar-refractivity contribution in [3.05, 3.63) is 208 Å². The van der Waals surface area contributed by atoms with Crippen LogP contribution in [-0.2, 0) is 47.2 Å². The Labute approximate surface area is 593 Å². The highest BCUT2D eigenvalue weighted by atomic mass is 16.7. The molecule has 3 fully saturated rings. The second-order valence-electron chi connectivity index (χ2n) is 29.7. The van der Waals surface area contributed by atoms with Gasteiger partial charge in [-0.05, 0) is 213 Å². The van der Waals surface area contributed by atoms with Crippen molar-refractivity contribution >= 4 is 35.5 Å². The van der Waals surface area contributed by atoms with Crippen LogP contribution in [0.2, 0.25) is 0 Å². The summed E-state index contributed by atoms with van der Waals surface area (Å²) in [5, 5.41) is 25.4. The number of carbonyl (C=O) groups is 5. The van der Waals surface area contributed by atoms with Crippen LogP contribution < -0.4 is 36.1 Å². The van der Waals surface area contributed by atoms with Crippen LogP contribution in [0.4, 0.5) is 10.5 Å². The summed E-state index contributed by atoms with van der Waals surface area (Å²) in [6, 6.07) is 49.0. The minimum Gasteiger partial charge on any atom is -0.497 e. The number of fused-ring (bicyclic) bond motifs is 5. The van der Waals surface area contributed by atoms with E-state index >= 15 is 0 Å². The minimum atomic E-state index is -1.16. The van der Waals surface area contributed by atoms with E-state index in [9.17, 15) is 29.2 Å². The number of amides is 4. The number of nitrogens with one attached hydrogen (secondary N) is 5. The maximum Gasteiger partial charge on any atom is 0.514 e. The number of ether oxygens (including phenoxy) is 4. The van der Waals surface area contributed by atoms with E-state index in [1.807, 2.05) is 67.6 Å². The smallest absolute Gasteiger partial charge is 0.497 e. The molecule has 4 amide bonds. The number of methoxy groups -OCH3 is 1. The fourth-order valence-electron chi connectivity index (χ4n) is 17.2. The number of rotatable bonds is 33. The van der Waals surface area contributed by atoms with Crippen LogP contribution in [0.5, 0.6) is 11.5 Å². The summed E-state index contributed by atoms with van der Waals surface area (Å²) < 4.78 is 22.8. The van der Waals surface area contributed by atoms with Gasteiger partial charge in [0.25, 0.3) is 0 Å². The van der Waals surface area contributed by atoms with Crippen molar-refractivity contribution in [3.8, 4) is 17.6 Å². The third kappa shape index (κ3) is 18.9. The lowest BCUT2D eigenvalue weighted by Gasteiger charge is -2.58. The van der Waals surface area contributed by atoms with E-state index < -0.39 is 41.5 Å². The molecule has 0 radical (unpaired) electrons. The molecule has 10 rings (SSSR count). The molecule has 4 aliphatic rings. The molecule has 6 aromatic rings. The molecule has 15 heteroatoms. The average Bonchev–Trinajstić information content (AvgIpc) is 1.39. The van der Waals surface area contributed by atoms with Gasteiger partial charge in [0.2, 0.25) is 23.6 Å². The zero-order valence-corrected chi connectivity index (χ0v) is 60.0. The van der Waals surface area contributed by atoms with Crippen LogP contribution in [0.15, 0.2) is 169 Å². The first-order chi connectivity index (χ1) is 48.4. The van der Waals surface area contributed by atoms with Crippen LogP contribution in [-0.4, -0.2) is 74.8 Å². The molecule has 5 N–H and O–H groups in total. The summed E-state index contributed by atoms with van der Waals surface area (Å²) in [5.41, 5.74) is 7.84. The largest absolute Gasteiger partial charge is 0.514 e. The highest BCUT2D eigenvalue weighted by Gasteiger charge is 2.59. The van der Waals surface area contributed by atoms with Crippen molar-refractivity contribution < 1.29 is 42.9 Å². The van der Waals surface area contributed by atoms with Crippen LogP contribution in [0.1, 0.15) is 183 Å². The molecule has 0 spiro atoms. The Morgan fingerprint density at radius 3 is 1.99 bits per heavy atom. The Morgan fingerprint density at radius 1 is 0.640 bits per heavy atom. The van der Waals surface area contributed by atoms with Gasteiger partial charge in [-0.3, -0.25) is 24.5 Å². The predicted molar refractivity (Wildman–Crippen MR) is 393 cm³/mol. The molecule has 15 nitrogen and oxygen atoms in total. The maximum atomic E-state index is 14.8. The Kier molecular flexibility index (Phi) is 26.1. The highest BCUT2D eigenvalue weighted by molar-refractivity contribution is 5.98. The van der Waals surface area contributed by atoms with Gasteiger partial charge < -0.3 is 40.2 Å². The van der Waals surface area contributed by atoms with Crippen molar-refractivity contribution in [1.82, 2.24) is 21.3 Å². The van der Waals surface area contributed by atoms with Gasteiger partial charge in [0, 0.05) is 38.1 Å². The monoisotopic (exact) mass is 1350 g/mol. The molecule has 6 aromatic carbocycles. The van der Waals surface area contributed by atoms with E-state index in [-0.39, 0.29) is 49.7 Å². The zero-order valence-electron chi connectivity index (χ0n) is 60.0. The second kappa shape index (κ2) is 35.1. The molecule has 4 aliphatic carbocycles. The summed E-state index contributed by atoms with van der Waals surface area (Å²) in [6.07, 6.45) is 17.7. The summed E-state index contributed by atoms with van der Waals surface area (Å²) in [7, 11) is 1.64. The molecular weight excluding hydrogens is 1250 g/mol. The van der Waals surface area contributed by atoms with Crippen LogP contribution in [0.25, 0.3) is 0 Å². The SMILES string of the molecule is COc1ccc(C(NCCCC[C@H](NC(=O)[C@H](Cc2ccc(C#N)cc2)NC(=O)CCC(=O)NCCCO[C@H]2CC[C@@]3(C)C(=CC[C@H]4[C@@H]5CC[C@H]([C@H](C)CCCC(C)C)[C@@]5(C)CC[C@@H]43)C2)C(=O)Nc2ccc(COC(=O)Oc3ccc(C)cc3)cc2)(c2ccccc2)c2ccccc2)cc1. The van der Waals surface area contributed by atoms with E-state index in [1.54, 1.807) is 73.3 Å². The van der Waals surface area contributed by atoms with Crippen LogP contribution >= 0.6 is 0 Å². The number of anilines is 1. The summed E-state index contributed by atoms with van der Waals surface area (Å²) in [5.74, 6) is 4.04. The van der Waals surface area contributed by atoms with Gasteiger partial charge in [0.1, 0.15) is 30.2 Å². The number of benzene rings is 6. The fourth-order valence-corrected chi connectivity index (χ4v) is 17.2. The molecule has 100 heavy (non-hydrogen) atoms. The van der Waals surface area contributed by atoms with Crippen molar-refractivity contribution in [2.24, 2.45) is 46.3 Å². The lowest BCUT2D eigenvalue weighted by atomic mass is 9.47.